The van der Waals surface area contributed by atoms with Crippen molar-refractivity contribution in [2.45, 2.75) is 6.42 Å². The lowest BCUT2D eigenvalue weighted by molar-refractivity contribution is -0.127. The second-order valence-corrected chi connectivity index (χ2v) is 2.83. The van der Waals surface area contributed by atoms with Crippen LogP contribution >= 0.6 is 0 Å². The SMILES string of the molecule is C=CCOCC(=O)C1CCOC1. The first-order chi connectivity index (χ1) is 5.84. The molecule has 1 aliphatic rings. The maximum Gasteiger partial charge on any atom is 0.163 e. The summed E-state index contributed by atoms with van der Waals surface area (Å²) in [6.07, 6.45) is 2.48. The lowest BCUT2D eigenvalue weighted by Crippen LogP contribution is -2.19. The van der Waals surface area contributed by atoms with Gasteiger partial charge in [-0.3, -0.25) is 4.79 Å². The lowest BCUT2D eigenvalue weighted by Gasteiger charge is -2.05. The molecule has 0 bridgehead atoms. The Hall–Kier alpha value is -0.670. The highest BCUT2D eigenvalue weighted by molar-refractivity contribution is 5.82. The molecular weight excluding hydrogens is 156 g/mol. The second kappa shape index (κ2) is 5.06. The molecule has 12 heavy (non-hydrogen) atoms. The van der Waals surface area contributed by atoms with Crippen molar-refractivity contribution in [3.63, 3.8) is 0 Å². The van der Waals surface area contributed by atoms with Gasteiger partial charge in [0.05, 0.1) is 13.2 Å². The van der Waals surface area contributed by atoms with Crippen molar-refractivity contribution in [3.8, 4) is 0 Å². The van der Waals surface area contributed by atoms with Gasteiger partial charge in [0.1, 0.15) is 6.61 Å². The van der Waals surface area contributed by atoms with Gasteiger partial charge in [-0.2, -0.15) is 0 Å². The van der Waals surface area contributed by atoms with Gasteiger partial charge in [-0.1, -0.05) is 6.08 Å². The molecule has 3 heteroatoms. The van der Waals surface area contributed by atoms with Crippen LogP contribution in [0.4, 0.5) is 0 Å². The summed E-state index contributed by atoms with van der Waals surface area (Å²) >= 11 is 0. The quantitative estimate of drug-likeness (QED) is 0.452. The average Bonchev–Trinajstić information content (AvgIpc) is 2.56. The molecule has 0 radical (unpaired) electrons. The van der Waals surface area contributed by atoms with Crippen molar-refractivity contribution >= 4 is 5.78 Å². The molecule has 68 valence electrons. The Kier molecular flexibility index (Phi) is 3.97. The van der Waals surface area contributed by atoms with E-state index in [1.807, 2.05) is 0 Å². The van der Waals surface area contributed by atoms with Crippen molar-refractivity contribution < 1.29 is 14.3 Å². The molecule has 1 rings (SSSR count). The second-order valence-electron chi connectivity index (χ2n) is 2.83. The average molecular weight is 170 g/mol. The van der Waals surface area contributed by atoms with Gasteiger partial charge < -0.3 is 9.47 Å². The van der Waals surface area contributed by atoms with Crippen LogP contribution in [0.3, 0.4) is 0 Å². The Labute approximate surface area is 72.4 Å². The highest BCUT2D eigenvalue weighted by Crippen LogP contribution is 2.13. The highest BCUT2D eigenvalue weighted by Gasteiger charge is 2.22. The van der Waals surface area contributed by atoms with Gasteiger partial charge >= 0.3 is 0 Å². The van der Waals surface area contributed by atoms with Gasteiger partial charge in [0.2, 0.25) is 0 Å². The third-order valence-electron chi connectivity index (χ3n) is 1.87. The van der Waals surface area contributed by atoms with Crippen LogP contribution in [0.25, 0.3) is 0 Å². The molecule has 0 saturated carbocycles. The third kappa shape index (κ3) is 2.75. The molecular formula is C9H14O3. The van der Waals surface area contributed by atoms with E-state index in [2.05, 4.69) is 6.58 Å². The molecule has 1 saturated heterocycles. The fourth-order valence-electron chi connectivity index (χ4n) is 1.15. The Morgan fingerprint density at radius 1 is 1.75 bits per heavy atom. The fraction of sp³-hybridized carbons (Fsp3) is 0.667. The van der Waals surface area contributed by atoms with Gasteiger partial charge in [-0.15, -0.1) is 6.58 Å². The topological polar surface area (TPSA) is 35.5 Å². The normalized spacial score (nSPS) is 22.5. The fourth-order valence-corrected chi connectivity index (χ4v) is 1.15. The molecule has 1 fully saturated rings. The number of ketones is 1. The van der Waals surface area contributed by atoms with Gasteiger partial charge in [0.15, 0.2) is 5.78 Å². The molecule has 1 aliphatic heterocycles. The summed E-state index contributed by atoms with van der Waals surface area (Å²) in [5.74, 6) is 0.212. The Bertz CT molecular complexity index is 159. The number of carbonyl (C=O) groups is 1. The molecule has 0 aromatic heterocycles. The summed E-state index contributed by atoms with van der Waals surface area (Å²) < 4.78 is 10.1. The minimum atomic E-state index is 0.0646. The van der Waals surface area contributed by atoms with Crippen molar-refractivity contribution in [3.05, 3.63) is 12.7 Å². The van der Waals surface area contributed by atoms with Crippen molar-refractivity contribution in [1.29, 1.82) is 0 Å². The van der Waals surface area contributed by atoms with E-state index in [-0.39, 0.29) is 18.3 Å². The maximum atomic E-state index is 11.3. The molecule has 0 spiro atoms. The first-order valence-electron chi connectivity index (χ1n) is 4.13. The summed E-state index contributed by atoms with van der Waals surface area (Å²) in [7, 11) is 0. The van der Waals surface area contributed by atoms with E-state index >= 15 is 0 Å². The summed E-state index contributed by atoms with van der Waals surface area (Å²) in [5, 5.41) is 0. The highest BCUT2D eigenvalue weighted by atomic mass is 16.5. The molecule has 1 atom stereocenters. The van der Waals surface area contributed by atoms with Crippen molar-refractivity contribution in [2.75, 3.05) is 26.4 Å². The Morgan fingerprint density at radius 2 is 2.58 bits per heavy atom. The summed E-state index contributed by atoms with van der Waals surface area (Å²) in [5.41, 5.74) is 0. The van der Waals surface area contributed by atoms with Gasteiger partial charge in [0, 0.05) is 12.5 Å². The molecule has 0 aromatic rings. The maximum absolute atomic E-state index is 11.3. The molecule has 1 heterocycles. The standard InChI is InChI=1S/C9H14O3/c1-2-4-11-7-9(10)8-3-5-12-6-8/h2,8H,1,3-7H2. The van der Waals surface area contributed by atoms with E-state index in [1.165, 1.54) is 0 Å². The predicted octanol–water partition coefficient (Wildman–Crippen LogP) is 0.795. The van der Waals surface area contributed by atoms with Crippen molar-refractivity contribution in [2.24, 2.45) is 5.92 Å². The van der Waals surface area contributed by atoms with Gasteiger partial charge in [0.25, 0.3) is 0 Å². The smallest absolute Gasteiger partial charge is 0.163 e. The van der Waals surface area contributed by atoms with E-state index in [9.17, 15) is 4.79 Å². The van der Waals surface area contributed by atoms with Crippen LogP contribution in [-0.4, -0.2) is 32.2 Å². The van der Waals surface area contributed by atoms with E-state index < -0.39 is 0 Å². The summed E-state index contributed by atoms with van der Waals surface area (Å²) in [6.45, 7) is 5.40. The number of Topliss-reactive ketones (excluding diaryl/α,β-unsaturated/α-hetero) is 1. The molecule has 1 unspecified atom stereocenters. The van der Waals surface area contributed by atoms with E-state index in [1.54, 1.807) is 6.08 Å². The molecule has 0 amide bonds. The zero-order chi connectivity index (χ0) is 8.81. The minimum absolute atomic E-state index is 0.0646. The summed E-state index contributed by atoms with van der Waals surface area (Å²) in [6, 6.07) is 0. The van der Waals surface area contributed by atoms with Crippen LogP contribution in [0.1, 0.15) is 6.42 Å². The Morgan fingerprint density at radius 3 is 3.17 bits per heavy atom. The van der Waals surface area contributed by atoms with Crippen LogP contribution in [0.5, 0.6) is 0 Å². The molecule has 0 aliphatic carbocycles. The van der Waals surface area contributed by atoms with Crippen LogP contribution in [0.15, 0.2) is 12.7 Å². The number of rotatable bonds is 5. The largest absolute Gasteiger partial charge is 0.381 e. The summed E-state index contributed by atoms with van der Waals surface area (Å²) in [4.78, 5) is 11.3. The monoisotopic (exact) mass is 170 g/mol. The zero-order valence-corrected chi connectivity index (χ0v) is 7.12. The van der Waals surface area contributed by atoms with Crippen molar-refractivity contribution in [1.82, 2.24) is 0 Å². The minimum Gasteiger partial charge on any atom is -0.381 e. The third-order valence-corrected chi connectivity index (χ3v) is 1.87. The number of hydrogen-bond acceptors (Lipinski definition) is 3. The molecule has 0 N–H and O–H groups in total. The number of carbonyl (C=O) groups excluding carboxylic acids is 1. The molecule has 0 aromatic carbocycles. The number of ether oxygens (including phenoxy) is 2. The zero-order valence-electron chi connectivity index (χ0n) is 7.12. The van der Waals surface area contributed by atoms with Crippen LogP contribution in [0.2, 0.25) is 0 Å². The van der Waals surface area contributed by atoms with E-state index in [0.717, 1.165) is 6.42 Å². The first-order valence-corrected chi connectivity index (χ1v) is 4.13. The lowest BCUT2D eigenvalue weighted by atomic mass is 10.0. The molecule has 3 nitrogen and oxygen atoms in total. The van der Waals surface area contributed by atoms with Crippen LogP contribution in [0, 0.1) is 5.92 Å². The van der Waals surface area contributed by atoms with Gasteiger partial charge in [-0.25, -0.2) is 0 Å². The van der Waals surface area contributed by atoms with E-state index in [0.29, 0.717) is 19.8 Å². The van der Waals surface area contributed by atoms with Crippen LogP contribution in [-0.2, 0) is 14.3 Å². The van der Waals surface area contributed by atoms with E-state index in [4.69, 9.17) is 9.47 Å². The number of hydrogen-bond donors (Lipinski definition) is 0. The van der Waals surface area contributed by atoms with Crippen LogP contribution < -0.4 is 0 Å². The first kappa shape index (κ1) is 9.42. The predicted molar refractivity (Wildman–Crippen MR) is 44.9 cm³/mol. The Balaban J connectivity index is 2.14. The van der Waals surface area contributed by atoms with Gasteiger partial charge in [-0.05, 0) is 6.42 Å².